The largest absolute Gasteiger partial charge is 0.457 e. The Morgan fingerprint density at radius 1 is 0.862 bits per heavy atom. The number of hydrogen-bond donors (Lipinski definition) is 0. The van der Waals surface area contributed by atoms with Crippen LogP contribution in [-0.4, -0.2) is 29.9 Å². The molecule has 1 aliphatic heterocycles. The first-order valence-corrected chi connectivity index (χ1v) is 10.0. The van der Waals surface area contributed by atoms with Crippen LogP contribution in [0.4, 0.5) is 5.69 Å². The van der Waals surface area contributed by atoms with Gasteiger partial charge in [-0.25, -0.2) is 0 Å². The molecule has 3 aromatic carbocycles. The van der Waals surface area contributed by atoms with Crippen molar-refractivity contribution in [2.75, 3.05) is 18.0 Å². The monoisotopic (exact) mass is 386 g/mol. The molecule has 0 N–H and O–H groups in total. The average molecular weight is 386 g/mol. The van der Waals surface area contributed by atoms with E-state index in [1.165, 1.54) is 11.1 Å². The lowest BCUT2D eigenvalue weighted by Gasteiger charge is -2.39. The predicted octanol–water partition coefficient (Wildman–Crippen LogP) is 5.02. The summed E-state index contributed by atoms with van der Waals surface area (Å²) in [7, 11) is 0. The van der Waals surface area contributed by atoms with Crippen LogP contribution in [0.1, 0.15) is 18.1 Å². The molecule has 1 saturated heterocycles. The molecule has 0 aromatic heterocycles. The standard InChI is InChI=1S/C25H26N2O2/c1-19-8-6-7-9-21(19)18-26-16-17-27(25(28)20(26)2)22-12-14-24(15-13-22)29-23-10-4-3-5-11-23/h3-15,20H,16-18H2,1-2H3. The van der Waals surface area contributed by atoms with E-state index >= 15 is 0 Å². The van der Waals surface area contributed by atoms with Crippen LogP contribution in [-0.2, 0) is 11.3 Å². The smallest absolute Gasteiger partial charge is 0.244 e. The number of para-hydroxylation sites is 1. The van der Waals surface area contributed by atoms with Crippen LogP contribution in [0.5, 0.6) is 11.5 Å². The van der Waals surface area contributed by atoms with Gasteiger partial charge in [0.05, 0.1) is 6.04 Å². The number of benzene rings is 3. The predicted molar refractivity (Wildman–Crippen MR) is 116 cm³/mol. The third-order valence-electron chi connectivity index (χ3n) is 5.54. The summed E-state index contributed by atoms with van der Waals surface area (Å²) in [5.41, 5.74) is 3.46. The number of carbonyl (C=O) groups excluding carboxylic acids is 1. The van der Waals surface area contributed by atoms with Crippen molar-refractivity contribution in [1.82, 2.24) is 4.90 Å². The summed E-state index contributed by atoms with van der Waals surface area (Å²) in [5.74, 6) is 1.70. The van der Waals surface area contributed by atoms with Gasteiger partial charge in [0.2, 0.25) is 5.91 Å². The number of piperazine rings is 1. The number of rotatable bonds is 5. The van der Waals surface area contributed by atoms with Gasteiger partial charge in [0, 0.05) is 25.3 Å². The third kappa shape index (κ3) is 4.33. The van der Waals surface area contributed by atoms with Gasteiger partial charge in [-0.2, -0.15) is 0 Å². The summed E-state index contributed by atoms with van der Waals surface area (Å²) < 4.78 is 5.85. The van der Waals surface area contributed by atoms with Crippen LogP contribution in [0.25, 0.3) is 0 Å². The van der Waals surface area contributed by atoms with Gasteiger partial charge in [0.1, 0.15) is 11.5 Å². The summed E-state index contributed by atoms with van der Waals surface area (Å²) in [6.45, 7) is 6.46. The lowest BCUT2D eigenvalue weighted by atomic mass is 10.1. The minimum Gasteiger partial charge on any atom is -0.457 e. The van der Waals surface area contributed by atoms with Crippen LogP contribution in [0.15, 0.2) is 78.9 Å². The fourth-order valence-corrected chi connectivity index (χ4v) is 3.71. The Kier molecular flexibility index (Phi) is 5.63. The van der Waals surface area contributed by atoms with Crippen LogP contribution in [0.2, 0.25) is 0 Å². The molecule has 1 heterocycles. The van der Waals surface area contributed by atoms with E-state index in [-0.39, 0.29) is 11.9 Å². The fourth-order valence-electron chi connectivity index (χ4n) is 3.71. The maximum atomic E-state index is 13.0. The lowest BCUT2D eigenvalue weighted by Crippen LogP contribution is -2.55. The highest BCUT2D eigenvalue weighted by Crippen LogP contribution is 2.27. The number of anilines is 1. The van der Waals surface area contributed by atoms with Crippen molar-refractivity contribution in [3.8, 4) is 11.5 Å². The second-order valence-corrected chi connectivity index (χ2v) is 7.47. The molecule has 1 unspecified atom stereocenters. The summed E-state index contributed by atoms with van der Waals surface area (Å²) in [5, 5.41) is 0. The average Bonchev–Trinajstić information content (AvgIpc) is 2.75. The van der Waals surface area contributed by atoms with Crippen LogP contribution in [0, 0.1) is 6.92 Å². The van der Waals surface area contributed by atoms with Gasteiger partial charge in [-0.05, 0) is 61.4 Å². The Hall–Kier alpha value is -3.11. The van der Waals surface area contributed by atoms with Crippen molar-refractivity contribution in [3.05, 3.63) is 90.0 Å². The molecule has 148 valence electrons. The molecule has 1 fully saturated rings. The highest BCUT2D eigenvalue weighted by molar-refractivity contribution is 5.97. The zero-order valence-corrected chi connectivity index (χ0v) is 16.9. The van der Waals surface area contributed by atoms with E-state index in [0.29, 0.717) is 6.54 Å². The minimum atomic E-state index is -0.149. The van der Waals surface area contributed by atoms with Crippen molar-refractivity contribution in [1.29, 1.82) is 0 Å². The van der Waals surface area contributed by atoms with Gasteiger partial charge in [-0.3, -0.25) is 9.69 Å². The van der Waals surface area contributed by atoms with Gasteiger partial charge >= 0.3 is 0 Å². The molecule has 29 heavy (non-hydrogen) atoms. The molecule has 0 spiro atoms. The molecule has 3 aromatic rings. The topological polar surface area (TPSA) is 32.8 Å². The molecule has 1 amide bonds. The number of ether oxygens (including phenoxy) is 1. The molecular formula is C25H26N2O2. The van der Waals surface area contributed by atoms with Gasteiger partial charge in [-0.1, -0.05) is 42.5 Å². The zero-order chi connectivity index (χ0) is 20.2. The van der Waals surface area contributed by atoms with E-state index in [0.717, 1.165) is 30.3 Å². The van der Waals surface area contributed by atoms with E-state index in [4.69, 9.17) is 4.74 Å². The molecule has 4 heteroatoms. The highest BCUT2D eigenvalue weighted by atomic mass is 16.5. The molecule has 1 atom stereocenters. The van der Waals surface area contributed by atoms with Crippen LogP contribution < -0.4 is 9.64 Å². The summed E-state index contributed by atoms with van der Waals surface area (Å²) in [6, 6.07) is 25.7. The van der Waals surface area contributed by atoms with Gasteiger partial charge in [0.15, 0.2) is 0 Å². The fraction of sp³-hybridized carbons (Fsp3) is 0.240. The van der Waals surface area contributed by atoms with E-state index in [2.05, 4.69) is 36.1 Å². The van der Waals surface area contributed by atoms with E-state index in [1.54, 1.807) is 0 Å². The van der Waals surface area contributed by atoms with Gasteiger partial charge in [-0.15, -0.1) is 0 Å². The number of amides is 1. The minimum absolute atomic E-state index is 0.140. The van der Waals surface area contributed by atoms with Crippen molar-refractivity contribution in [2.45, 2.75) is 26.4 Å². The molecule has 0 bridgehead atoms. The van der Waals surface area contributed by atoms with Crippen molar-refractivity contribution >= 4 is 11.6 Å². The van der Waals surface area contributed by atoms with E-state index < -0.39 is 0 Å². The second kappa shape index (κ2) is 8.50. The van der Waals surface area contributed by atoms with Crippen molar-refractivity contribution in [2.24, 2.45) is 0 Å². The Labute approximate surface area is 172 Å². The maximum absolute atomic E-state index is 13.0. The number of hydrogen-bond acceptors (Lipinski definition) is 3. The number of carbonyl (C=O) groups is 1. The summed E-state index contributed by atoms with van der Waals surface area (Å²) in [6.07, 6.45) is 0. The maximum Gasteiger partial charge on any atom is 0.244 e. The Balaban J connectivity index is 1.42. The van der Waals surface area contributed by atoms with E-state index in [1.807, 2.05) is 66.4 Å². The Morgan fingerprint density at radius 3 is 2.24 bits per heavy atom. The van der Waals surface area contributed by atoms with Crippen LogP contribution in [0.3, 0.4) is 0 Å². The van der Waals surface area contributed by atoms with Crippen molar-refractivity contribution in [3.63, 3.8) is 0 Å². The first-order chi connectivity index (χ1) is 14.1. The molecule has 1 aliphatic rings. The molecular weight excluding hydrogens is 360 g/mol. The normalized spacial score (nSPS) is 17.4. The molecule has 4 rings (SSSR count). The quantitative estimate of drug-likeness (QED) is 0.617. The number of aryl methyl sites for hydroxylation is 1. The first-order valence-electron chi connectivity index (χ1n) is 10.0. The van der Waals surface area contributed by atoms with Crippen molar-refractivity contribution < 1.29 is 9.53 Å². The molecule has 0 radical (unpaired) electrons. The summed E-state index contributed by atoms with van der Waals surface area (Å²) >= 11 is 0. The lowest BCUT2D eigenvalue weighted by molar-refractivity contribution is -0.125. The zero-order valence-electron chi connectivity index (χ0n) is 16.9. The number of nitrogens with zero attached hydrogens (tertiary/aromatic N) is 2. The SMILES string of the molecule is Cc1ccccc1CN1CCN(c2ccc(Oc3ccccc3)cc2)C(=O)C1C. The highest BCUT2D eigenvalue weighted by Gasteiger charge is 2.32. The van der Waals surface area contributed by atoms with E-state index in [9.17, 15) is 4.79 Å². The van der Waals surface area contributed by atoms with Crippen LogP contribution >= 0.6 is 0 Å². The second-order valence-electron chi connectivity index (χ2n) is 7.47. The molecule has 0 aliphatic carbocycles. The van der Waals surface area contributed by atoms with Gasteiger partial charge < -0.3 is 9.64 Å². The third-order valence-corrected chi connectivity index (χ3v) is 5.54. The Morgan fingerprint density at radius 2 is 1.52 bits per heavy atom. The summed E-state index contributed by atoms with van der Waals surface area (Å²) in [4.78, 5) is 17.2. The first kappa shape index (κ1) is 19.2. The Bertz CT molecular complexity index is 970. The molecule has 4 nitrogen and oxygen atoms in total. The molecule has 0 saturated carbocycles. The van der Waals surface area contributed by atoms with Gasteiger partial charge in [0.25, 0.3) is 0 Å².